The highest BCUT2D eigenvalue weighted by molar-refractivity contribution is 6.16. The molecule has 30 heavy (non-hydrogen) atoms. The first kappa shape index (κ1) is 21.1. The maximum atomic E-state index is 13.3. The van der Waals surface area contributed by atoms with Gasteiger partial charge in [0.25, 0.3) is 5.91 Å². The molecule has 0 fully saturated rings. The Kier molecular flexibility index (Phi) is 6.52. The molecule has 2 aromatic rings. The number of hydrogen-bond acceptors (Lipinski definition) is 4. The van der Waals surface area contributed by atoms with Crippen molar-refractivity contribution in [1.29, 1.82) is 0 Å². The molecule has 5 heteroatoms. The summed E-state index contributed by atoms with van der Waals surface area (Å²) in [7, 11) is 1.32. The molecule has 5 nitrogen and oxygen atoms in total. The van der Waals surface area contributed by atoms with Gasteiger partial charge in [0, 0.05) is 5.70 Å². The molecule has 0 saturated carbocycles. The summed E-state index contributed by atoms with van der Waals surface area (Å²) < 4.78 is 10.5. The third kappa shape index (κ3) is 4.20. The van der Waals surface area contributed by atoms with E-state index in [1.165, 1.54) is 7.11 Å². The summed E-state index contributed by atoms with van der Waals surface area (Å²) >= 11 is 0. The van der Waals surface area contributed by atoms with Gasteiger partial charge in [-0.15, -0.1) is 0 Å². The summed E-state index contributed by atoms with van der Waals surface area (Å²) in [5.41, 5.74) is 2.96. The van der Waals surface area contributed by atoms with E-state index in [0.717, 1.165) is 11.1 Å². The Morgan fingerprint density at radius 2 is 1.80 bits per heavy atom. The SMILES string of the molecule is C=CCOc1ccc(/C=C2\C(=O)N([C@@H](C)c3ccccc3)C(C)=C2C(=O)OC)cc1. The van der Waals surface area contributed by atoms with Gasteiger partial charge in [-0.3, -0.25) is 4.79 Å². The van der Waals surface area contributed by atoms with Crippen LogP contribution in [0.5, 0.6) is 5.75 Å². The monoisotopic (exact) mass is 403 g/mol. The summed E-state index contributed by atoms with van der Waals surface area (Å²) in [6.07, 6.45) is 3.39. The van der Waals surface area contributed by atoms with Crippen LogP contribution in [0, 0.1) is 0 Å². The van der Waals surface area contributed by atoms with Crippen molar-refractivity contribution in [3.8, 4) is 5.75 Å². The average Bonchev–Trinajstić information content (AvgIpc) is 3.02. The molecule has 0 N–H and O–H groups in total. The van der Waals surface area contributed by atoms with Gasteiger partial charge in [-0.25, -0.2) is 4.79 Å². The van der Waals surface area contributed by atoms with Gasteiger partial charge in [-0.2, -0.15) is 0 Å². The van der Waals surface area contributed by atoms with Crippen molar-refractivity contribution in [3.63, 3.8) is 0 Å². The summed E-state index contributed by atoms with van der Waals surface area (Å²) in [5.74, 6) is -0.0499. The third-order valence-corrected chi connectivity index (χ3v) is 5.06. The van der Waals surface area contributed by atoms with Crippen molar-refractivity contribution in [3.05, 3.63) is 95.2 Å². The molecule has 0 saturated heterocycles. The van der Waals surface area contributed by atoms with Crippen LogP contribution < -0.4 is 4.74 Å². The van der Waals surface area contributed by atoms with Gasteiger partial charge in [0.1, 0.15) is 12.4 Å². The second-order valence-corrected chi connectivity index (χ2v) is 6.94. The number of amides is 1. The average molecular weight is 403 g/mol. The smallest absolute Gasteiger partial charge is 0.340 e. The van der Waals surface area contributed by atoms with Crippen LogP contribution in [0.2, 0.25) is 0 Å². The highest BCUT2D eigenvalue weighted by Gasteiger charge is 2.39. The van der Waals surface area contributed by atoms with Crippen LogP contribution in [-0.2, 0) is 14.3 Å². The number of benzene rings is 2. The minimum Gasteiger partial charge on any atom is -0.490 e. The summed E-state index contributed by atoms with van der Waals surface area (Å²) in [6.45, 7) is 7.76. The van der Waals surface area contributed by atoms with E-state index in [1.807, 2.05) is 61.5 Å². The number of esters is 1. The normalized spacial score (nSPS) is 16.0. The van der Waals surface area contributed by atoms with E-state index in [0.29, 0.717) is 23.6 Å². The van der Waals surface area contributed by atoms with E-state index in [-0.39, 0.29) is 17.5 Å². The molecule has 0 aliphatic carbocycles. The Morgan fingerprint density at radius 1 is 1.13 bits per heavy atom. The van der Waals surface area contributed by atoms with Gasteiger partial charge < -0.3 is 14.4 Å². The molecule has 0 aromatic heterocycles. The lowest BCUT2D eigenvalue weighted by Crippen LogP contribution is -2.28. The molecule has 154 valence electrons. The Bertz CT molecular complexity index is 1000. The number of allylic oxidation sites excluding steroid dienone is 1. The van der Waals surface area contributed by atoms with Gasteiger partial charge in [-0.1, -0.05) is 55.1 Å². The fourth-order valence-corrected chi connectivity index (χ4v) is 3.53. The van der Waals surface area contributed by atoms with Gasteiger partial charge in [0.15, 0.2) is 0 Å². The number of ether oxygens (including phenoxy) is 2. The Labute approximate surface area is 176 Å². The van der Waals surface area contributed by atoms with E-state index in [4.69, 9.17) is 9.47 Å². The number of nitrogens with zero attached hydrogens (tertiary/aromatic N) is 1. The molecule has 0 radical (unpaired) electrons. The molecule has 1 aliphatic rings. The highest BCUT2D eigenvalue weighted by Crippen LogP contribution is 2.37. The number of methoxy groups -OCH3 is 1. The molecule has 2 aromatic carbocycles. The number of carbonyl (C=O) groups is 2. The second-order valence-electron chi connectivity index (χ2n) is 6.94. The lowest BCUT2D eigenvalue weighted by Gasteiger charge is -2.26. The van der Waals surface area contributed by atoms with Crippen LogP contribution >= 0.6 is 0 Å². The van der Waals surface area contributed by atoms with Crippen LogP contribution in [0.3, 0.4) is 0 Å². The highest BCUT2D eigenvalue weighted by atomic mass is 16.5. The zero-order valence-electron chi connectivity index (χ0n) is 17.4. The van der Waals surface area contributed by atoms with E-state index >= 15 is 0 Å². The molecule has 1 atom stereocenters. The van der Waals surface area contributed by atoms with Crippen molar-refractivity contribution >= 4 is 18.0 Å². The van der Waals surface area contributed by atoms with Crippen LogP contribution in [-0.4, -0.2) is 30.5 Å². The Hall–Kier alpha value is -3.60. The fraction of sp³-hybridized carbons (Fsp3) is 0.200. The molecule has 0 bridgehead atoms. The van der Waals surface area contributed by atoms with Gasteiger partial charge in [0.05, 0.1) is 24.3 Å². The molecule has 3 rings (SSSR count). The Morgan fingerprint density at radius 3 is 2.40 bits per heavy atom. The van der Waals surface area contributed by atoms with Crippen LogP contribution in [0.1, 0.15) is 31.0 Å². The predicted octanol–water partition coefficient (Wildman–Crippen LogP) is 4.69. The zero-order chi connectivity index (χ0) is 21.7. The largest absolute Gasteiger partial charge is 0.490 e. The standard InChI is InChI=1S/C25H25NO4/c1-5-15-30-21-13-11-19(12-14-21)16-22-23(25(28)29-4)18(3)26(24(22)27)17(2)20-9-7-6-8-10-20/h5-14,16-17H,1,15H2,2-4H3/b22-16-/t17-/m0/s1. The van der Waals surface area contributed by atoms with E-state index in [1.54, 1.807) is 24.0 Å². The maximum absolute atomic E-state index is 13.3. The second kappa shape index (κ2) is 9.27. The molecular weight excluding hydrogens is 378 g/mol. The Balaban J connectivity index is 1.99. The number of carbonyl (C=O) groups excluding carboxylic acids is 2. The molecule has 0 unspecified atom stereocenters. The molecule has 0 spiro atoms. The van der Waals surface area contributed by atoms with Crippen molar-refractivity contribution in [1.82, 2.24) is 4.90 Å². The lowest BCUT2D eigenvalue weighted by molar-refractivity contribution is -0.136. The molecule has 1 aliphatic heterocycles. The third-order valence-electron chi connectivity index (χ3n) is 5.06. The van der Waals surface area contributed by atoms with Gasteiger partial charge in [0.2, 0.25) is 0 Å². The predicted molar refractivity (Wildman–Crippen MR) is 117 cm³/mol. The fourth-order valence-electron chi connectivity index (χ4n) is 3.53. The first-order valence-corrected chi connectivity index (χ1v) is 9.71. The van der Waals surface area contributed by atoms with Crippen LogP contribution in [0.4, 0.5) is 0 Å². The summed E-state index contributed by atoms with van der Waals surface area (Å²) in [6, 6.07) is 16.8. The lowest BCUT2D eigenvalue weighted by atomic mass is 10.0. The van der Waals surface area contributed by atoms with E-state index < -0.39 is 5.97 Å². The minimum atomic E-state index is -0.527. The topological polar surface area (TPSA) is 55.8 Å². The molecular formula is C25H25NO4. The van der Waals surface area contributed by atoms with E-state index in [2.05, 4.69) is 6.58 Å². The van der Waals surface area contributed by atoms with Crippen molar-refractivity contribution in [2.75, 3.05) is 13.7 Å². The van der Waals surface area contributed by atoms with Crippen molar-refractivity contribution in [2.24, 2.45) is 0 Å². The maximum Gasteiger partial charge on any atom is 0.340 e. The minimum absolute atomic E-state index is 0.223. The van der Waals surface area contributed by atoms with Crippen molar-refractivity contribution < 1.29 is 19.1 Å². The summed E-state index contributed by atoms with van der Waals surface area (Å²) in [5, 5.41) is 0. The number of hydrogen-bond donors (Lipinski definition) is 0. The molecule has 1 heterocycles. The van der Waals surface area contributed by atoms with Gasteiger partial charge >= 0.3 is 5.97 Å². The summed E-state index contributed by atoms with van der Waals surface area (Å²) in [4.78, 5) is 27.5. The van der Waals surface area contributed by atoms with E-state index in [9.17, 15) is 9.59 Å². The van der Waals surface area contributed by atoms with Crippen LogP contribution in [0.15, 0.2) is 84.1 Å². The first-order chi connectivity index (χ1) is 14.5. The molecule has 1 amide bonds. The number of rotatable bonds is 7. The van der Waals surface area contributed by atoms with Gasteiger partial charge in [-0.05, 0) is 43.2 Å². The zero-order valence-corrected chi connectivity index (χ0v) is 17.4. The van der Waals surface area contributed by atoms with Crippen molar-refractivity contribution in [2.45, 2.75) is 19.9 Å². The van der Waals surface area contributed by atoms with Crippen LogP contribution in [0.25, 0.3) is 6.08 Å². The quantitative estimate of drug-likeness (QED) is 0.382. The first-order valence-electron chi connectivity index (χ1n) is 9.71.